The molecule has 0 bridgehead atoms. The highest BCUT2D eigenvalue weighted by Crippen LogP contribution is 2.02. The molecule has 14 heavy (non-hydrogen) atoms. The molecule has 0 atom stereocenters. The van der Waals surface area contributed by atoms with E-state index < -0.39 is 0 Å². The molecular weight excluding hydrogens is 172 g/mol. The van der Waals surface area contributed by atoms with Gasteiger partial charge in [-0.3, -0.25) is 0 Å². The standard InChI is InChI=1S/C12H9N2/c1-10-2-4-11(5-3-10)6-7-12-8-13-9-14-12/h2-5,8-9H,1H3. The van der Waals surface area contributed by atoms with E-state index in [0.717, 1.165) is 5.56 Å². The molecule has 0 saturated heterocycles. The summed E-state index contributed by atoms with van der Waals surface area (Å²) in [6, 6.07) is 8.08. The van der Waals surface area contributed by atoms with Gasteiger partial charge in [0.15, 0.2) is 0 Å². The van der Waals surface area contributed by atoms with Crippen molar-refractivity contribution >= 4 is 6.34 Å². The molecule has 0 unspecified atom stereocenters. The van der Waals surface area contributed by atoms with Crippen LogP contribution in [-0.4, -0.2) is 6.34 Å². The molecule has 1 heterocycles. The number of benzene rings is 1. The topological polar surface area (TPSA) is 26.5 Å². The highest BCUT2D eigenvalue weighted by molar-refractivity contribution is 5.64. The molecule has 0 N–H and O–H groups in total. The quantitative estimate of drug-likeness (QED) is 0.546. The highest BCUT2D eigenvalue weighted by Gasteiger charge is 1.94. The van der Waals surface area contributed by atoms with Gasteiger partial charge in [0.05, 0.1) is 6.20 Å². The Kier molecular flexibility index (Phi) is 2.33. The summed E-state index contributed by atoms with van der Waals surface area (Å²) in [6.07, 6.45) is 3.15. The van der Waals surface area contributed by atoms with Gasteiger partial charge in [0.2, 0.25) is 0 Å². The molecule has 2 nitrogen and oxygen atoms in total. The number of hydrogen-bond donors (Lipinski definition) is 0. The van der Waals surface area contributed by atoms with E-state index >= 15 is 0 Å². The molecule has 0 saturated carbocycles. The molecule has 1 aliphatic rings. The summed E-state index contributed by atoms with van der Waals surface area (Å²) in [6.45, 7) is 2.06. The Morgan fingerprint density at radius 1 is 1.07 bits per heavy atom. The van der Waals surface area contributed by atoms with Crippen LogP contribution >= 0.6 is 0 Å². The average Bonchev–Trinajstić information content (AvgIpc) is 2.70. The molecule has 0 amide bonds. The Bertz CT molecular complexity index is 441. The minimum Gasteiger partial charge on any atom is -0.242 e. The van der Waals surface area contributed by atoms with Crippen LogP contribution in [0.15, 0.2) is 41.2 Å². The van der Waals surface area contributed by atoms with Gasteiger partial charge in [-0.1, -0.05) is 23.6 Å². The van der Waals surface area contributed by atoms with Gasteiger partial charge in [0.1, 0.15) is 12.0 Å². The monoisotopic (exact) mass is 181 g/mol. The Labute approximate surface area is 83.4 Å². The lowest BCUT2D eigenvalue weighted by atomic mass is 10.1. The largest absolute Gasteiger partial charge is 0.242 e. The van der Waals surface area contributed by atoms with Gasteiger partial charge in [-0.15, -0.1) is 0 Å². The molecule has 0 aromatic heterocycles. The number of rotatable bonds is 0. The van der Waals surface area contributed by atoms with Gasteiger partial charge in [0, 0.05) is 5.56 Å². The minimum atomic E-state index is 0.713. The second kappa shape index (κ2) is 3.80. The lowest BCUT2D eigenvalue weighted by Gasteiger charge is -1.91. The molecule has 2 heteroatoms. The van der Waals surface area contributed by atoms with Gasteiger partial charge >= 0.3 is 0 Å². The number of nitrogens with zero attached hydrogens (tertiary/aromatic N) is 2. The summed E-state index contributed by atoms with van der Waals surface area (Å²) in [5, 5.41) is 3.96. The fourth-order valence-electron chi connectivity index (χ4n) is 1.07. The number of aliphatic imine (C=N–C) groups is 1. The van der Waals surface area contributed by atoms with Crippen LogP contribution in [0.3, 0.4) is 0 Å². The van der Waals surface area contributed by atoms with Crippen LogP contribution < -0.4 is 5.32 Å². The normalized spacial score (nSPS) is 12.8. The van der Waals surface area contributed by atoms with E-state index in [1.54, 1.807) is 6.20 Å². The van der Waals surface area contributed by atoms with Gasteiger partial charge in [-0.05, 0) is 25.0 Å². The third-order valence-corrected chi connectivity index (χ3v) is 1.85. The van der Waals surface area contributed by atoms with Crippen molar-refractivity contribution in [1.29, 1.82) is 0 Å². The maximum Gasteiger partial charge on any atom is 0.133 e. The zero-order chi connectivity index (χ0) is 9.80. The first-order chi connectivity index (χ1) is 6.84. The Balaban J connectivity index is 2.14. The SMILES string of the molecule is Cc1ccc(C#CC2=CN=C[N]2)cc1. The number of allylic oxidation sites excluding steroid dienone is 1. The Morgan fingerprint density at radius 3 is 2.50 bits per heavy atom. The minimum absolute atomic E-state index is 0.713. The van der Waals surface area contributed by atoms with Crippen LogP contribution in [0.1, 0.15) is 11.1 Å². The highest BCUT2D eigenvalue weighted by atomic mass is 15.0. The average molecular weight is 181 g/mol. The van der Waals surface area contributed by atoms with Crippen LogP contribution in [-0.2, 0) is 0 Å². The van der Waals surface area contributed by atoms with E-state index in [1.807, 2.05) is 24.3 Å². The molecule has 0 fully saturated rings. The summed E-state index contributed by atoms with van der Waals surface area (Å²) >= 11 is 0. The van der Waals surface area contributed by atoms with Crippen LogP contribution in [0.25, 0.3) is 0 Å². The zero-order valence-electron chi connectivity index (χ0n) is 7.86. The molecule has 0 aliphatic carbocycles. The van der Waals surface area contributed by atoms with Gasteiger partial charge in [-0.25, -0.2) is 10.3 Å². The Hall–Kier alpha value is -2.01. The summed E-state index contributed by atoms with van der Waals surface area (Å²) in [5.74, 6) is 5.96. The summed E-state index contributed by atoms with van der Waals surface area (Å²) < 4.78 is 0. The van der Waals surface area contributed by atoms with Crippen molar-refractivity contribution in [1.82, 2.24) is 5.32 Å². The van der Waals surface area contributed by atoms with Crippen molar-refractivity contribution in [3.8, 4) is 11.8 Å². The van der Waals surface area contributed by atoms with E-state index in [4.69, 9.17) is 0 Å². The molecule has 0 spiro atoms. The fraction of sp³-hybridized carbons (Fsp3) is 0.0833. The van der Waals surface area contributed by atoms with E-state index in [2.05, 4.69) is 29.1 Å². The molecule has 2 rings (SSSR count). The van der Waals surface area contributed by atoms with Gasteiger partial charge in [0.25, 0.3) is 0 Å². The first-order valence-corrected chi connectivity index (χ1v) is 4.36. The van der Waals surface area contributed by atoms with Gasteiger partial charge in [-0.2, -0.15) is 0 Å². The third-order valence-electron chi connectivity index (χ3n) is 1.85. The second-order valence-corrected chi connectivity index (χ2v) is 3.02. The van der Waals surface area contributed by atoms with Crippen molar-refractivity contribution < 1.29 is 0 Å². The Morgan fingerprint density at radius 2 is 1.86 bits per heavy atom. The predicted octanol–water partition coefficient (Wildman–Crippen LogP) is 1.83. The zero-order valence-corrected chi connectivity index (χ0v) is 7.86. The smallest absolute Gasteiger partial charge is 0.133 e. The molecule has 1 aromatic rings. The molecular formula is C12H9N2. The summed E-state index contributed by atoms with van der Waals surface area (Å²) in [5.41, 5.74) is 2.95. The second-order valence-electron chi connectivity index (χ2n) is 3.02. The number of hydrogen-bond acceptors (Lipinski definition) is 1. The maximum atomic E-state index is 3.96. The third kappa shape index (κ3) is 2.02. The molecule has 67 valence electrons. The fourth-order valence-corrected chi connectivity index (χ4v) is 1.07. The first-order valence-electron chi connectivity index (χ1n) is 4.36. The molecule has 1 radical (unpaired) electrons. The lowest BCUT2D eigenvalue weighted by molar-refractivity contribution is 1.25. The van der Waals surface area contributed by atoms with Crippen LogP contribution in [0.4, 0.5) is 0 Å². The van der Waals surface area contributed by atoms with Crippen molar-refractivity contribution in [2.24, 2.45) is 4.99 Å². The van der Waals surface area contributed by atoms with E-state index in [1.165, 1.54) is 11.9 Å². The summed E-state index contributed by atoms with van der Waals surface area (Å²) in [7, 11) is 0. The van der Waals surface area contributed by atoms with Crippen LogP contribution in [0.5, 0.6) is 0 Å². The van der Waals surface area contributed by atoms with E-state index in [0.29, 0.717) is 5.70 Å². The molecule has 1 aromatic carbocycles. The van der Waals surface area contributed by atoms with E-state index in [-0.39, 0.29) is 0 Å². The first kappa shape index (κ1) is 8.58. The van der Waals surface area contributed by atoms with Crippen molar-refractivity contribution in [2.45, 2.75) is 6.92 Å². The maximum absolute atomic E-state index is 3.96. The van der Waals surface area contributed by atoms with Crippen LogP contribution in [0.2, 0.25) is 0 Å². The van der Waals surface area contributed by atoms with E-state index in [9.17, 15) is 0 Å². The van der Waals surface area contributed by atoms with Crippen molar-refractivity contribution in [2.75, 3.05) is 0 Å². The van der Waals surface area contributed by atoms with Crippen LogP contribution in [0, 0.1) is 18.8 Å². The molecule has 1 aliphatic heterocycles. The lowest BCUT2D eigenvalue weighted by Crippen LogP contribution is -1.92. The van der Waals surface area contributed by atoms with Gasteiger partial charge < -0.3 is 0 Å². The predicted molar refractivity (Wildman–Crippen MR) is 56.8 cm³/mol. The summed E-state index contributed by atoms with van der Waals surface area (Å²) in [4.78, 5) is 3.83. The number of aryl methyl sites for hydroxylation is 1. The van der Waals surface area contributed by atoms with Crippen molar-refractivity contribution in [3.63, 3.8) is 0 Å². The van der Waals surface area contributed by atoms with Crippen molar-refractivity contribution in [3.05, 3.63) is 47.3 Å².